The van der Waals surface area contributed by atoms with E-state index in [1.807, 2.05) is 0 Å². The van der Waals surface area contributed by atoms with Crippen molar-refractivity contribution in [3.63, 3.8) is 0 Å². The van der Waals surface area contributed by atoms with Gasteiger partial charge in [0.2, 0.25) is 0 Å². The van der Waals surface area contributed by atoms with E-state index < -0.39 is 0 Å². The van der Waals surface area contributed by atoms with Crippen LogP contribution < -0.4 is 0 Å². The summed E-state index contributed by atoms with van der Waals surface area (Å²) in [6, 6.07) is 1.59. The Morgan fingerprint density at radius 1 is 1.75 bits per heavy atom. The molecule has 0 bridgehead atoms. The molecule has 1 rings (SSSR count). The van der Waals surface area contributed by atoms with Crippen LogP contribution in [0, 0.1) is 0 Å². The second-order valence-corrected chi connectivity index (χ2v) is 2.74. The van der Waals surface area contributed by atoms with Crippen LogP contribution in [0.15, 0.2) is 10.5 Å². The number of halogens is 1. The van der Waals surface area contributed by atoms with E-state index in [2.05, 4.69) is 0 Å². The smallest absolute Gasteiger partial charge is 0.199 e. The third-order valence-corrected chi connectivity index (χ3v) is 1.72. The van der Waals surface area contributed by atoms with Crippen molar-refractivity contribution in [2.75, 3.05) is 7.11 Å². The molecule has 0 aliphatic rings. The minimum absolute atomic E-state index is 0.140. The van der Waals surface area contributed by atoms with Gasteiger partial charge in [-0.15, -0.1) is 0 Å². The summed E-state index contributed by atoms with van der Waals surface area (Å²) >= 11 is 5.67. The van der Waals surface area contributed by atoms with Crippen LogP contribution in [0.5, 0.6) is 0 Å². The molecule has 0 N–H and O–H groups in total. The lowest BCUT2D eigenvalue weighted by atomic mass is 10.3. The van der Waals surface area contributed by atoms with Crippen molar-refractivity contribution in [1.82, 2.24) is 0 Å². The first kappa shape index (κ1) is 9.29. The molecule has 0 aliphatic carbocycles. The van der Waals surface area contributed by atoms with Crippen molar-refractivity contribution < 1.29 is 13.9 Å². The number of carbonyl (C=O) groups excluding carboxylic acids is 1. The topological polar surface area (TPSA) is 39.4 Å². The summed E-state index contributed by atoms with van der Waals surface area (Å²) in [4.78, 5) is 10.8. The Kier molecular flexibility index (Phi) is 2.89. The molecule has 0 amide bonds. The molecule has 12 heavy (non-hydrogen) atoms. The van der Waals surface area contributed by atoms with Gasteiger partial charge in [-0.25, -0.2) is 0 Å². The average Bonchev–Trinajstić information content (AvgIpc) is 2.34. The standard InChI is InChI=1S/C8H9ClO3/c1-5(10)7-3-6(4-11-2)8(9)12-7/h3H,4H2,1-2H3. The van der Waals surface area contributed by atoms with Crippen LogP contribution in [-0.4, -0.2) is 12.9 Å². The molecule has 0 spiro atoms. The molecule has 0 saturated carbocycles. The van der Waals surface area contributed by atoms with E-state index in [9.17, 15) is 4.79 Å². The third kappa shape index (κ3) is 1.87. The Labute approximate surface area is 75.3 Å². The van der Waals surface area contributed by atoms with Gasteiger partial charge in [-0.05, 0) is 17.7 Å². The van der Waals surface area contributed by atoms with E-state index in [4.69, 9.17) is 20.8 Å². The van der Waals surface area contributed by atoms with E-state index in [0.717, 1.165) is 0 Å². The monoisotopic (exact) mass is 188 g/mol. The van der Waals surface area contributed by atoms with Gasteiger partial charge in [0.25, 0.3) is 0 Å². The van der Waals surface area contributed by atoms with Crippen molar-refractivity contribution in [3.8, 4) is 0 Å². The maximum atomic E-state index is 10.8. The Balaban J connectivity index is 2.92. The first-order valence-electron chi connectivity index (χ1n) is 3.43. The predicted molar refractivity (Wildman–Crippen MR) is 44.4 cm³/mol. The maximum absolute atomic E-state index is 10.8. The number of rotatable bonds is 3. The van der Waals surface area contributed by atoms with Crippen LogP contribution in [0.4, 0.5) is 0 Å². The van der Waals surface area contributed by atoms with E-state index in [1.165, 1.54) is 6.92 Å². The lowest BCUT2D eigenvalue weighted by Gasteiger charge is -1.91. The minimum Gasteiger partial charge on any atom is -0.441 e. The quantitative estimate of drug-likeness (QED) is 0.684. The van der Waals surface area contributed by atoms with Crippen molar-refractivity contribution in [2.24, 2.45) is 0 Å². The van der Waals surface area contributed by atoms with E-state index >= 15 is 0 Å². The van der Waals surface area contributed by atoms with Gasteiger partial charge in [-0.3, -0.25) is 4.79 Å². The molecule has 4 heteroatoms. The summed E-state index contributed by atoms with van der Waals surface area (Å²) in [6.07, 6.45) is 0. The fourth-order valence-corrected chi connectivity index (χ4v) is 1.03. The molecule has 0 aromatic carbocycles. The van der Waals surface area contributed by atoms with Gasteiger partial charge in [-0.2, -0.15) is 0 Å². The van der Waals surface area contributed by atoms with Gasteiger partial charge >= 0.3 is 0 Å². The van der Waals surface area contributed by atoms with Gasteiger partial charge in [0, 0.05) is 19.6 Å². The number of Topliss-reactive ketones (excluding diaryl/α,β-unsaturated/α-hetero) is 1. The fraction of sp³-hybridized carbons (Fsp3) is 0.375. The van der Waals surface area contributed by atoms with Gasteiger partial charge in [0.05, 0.1) is 6.61 Å². The van der Waals surface area contributed by atoms with Crippen molar-refractivity contribution in [1.29, 1.82) is 0 Å². The van der Waals surface area contributed by atoms with Crippen LogP contribution in [0.2, 0.25) is 5.22 Å². The highest BCUT2D eigenvalue weighted by molar-refractivity contribution is 6.29. The summed E-state index contributed by atoms with van der Waals surface area (Å²) in [5.41, 5.74) is 0.698. The summed E-state index contributed by atoms with van der Waals surface area (Å²) in [5, 5.41) is 0.224. The van der Waals surface area contributed by atoms with Crippen LogP contribution >= 0.6 is 11.6 Å². The molecule has 0 unspecified atom stereocenters. The van der Waals surface area contributed by atoms with Crippen molar-refractivity contribution in [2.45, 2.75) is 13.5 Å². The Morgan fingerprint density at radius 2 is 2.42 bits per heavy atom. The third-order valence-electron chi connectivity index (χ3n) is 1.40. The summed E-state index contributed by atoms with van der Waals surface area (Å²) in [5.74, 6) is 0.131. The molecule has 1 heterocycles. The molecule has 0 saturated heterocycles. The van der Waals surface area contributed by atoms with Crippen LogP contribution in [-0.2, 0) is 11.3 Å². The van der Waals surface area contributed by atoms with E-state index in [0.29, 0.717) is 12.2 Å². The average molecular weight is 189 g/mol. The SMILES string of the molecule is COCc1cc(C(C)=O)oc1Cl. The highest BCUT2D eigenvalue weighted by Crippen LogP contribution is 2.21. The summed E-state index contributed by atoms with van der Waals surface area (Å²) in [6.45, 7) is 1.78. The molecule has 0 atom stereocenters. The van der Waals surface area contributed by atoms with Crippen LogP contribution in [0.3, 0.4) is 0 Å². The molecule has 66 valence electrons. The number of furan rings is 1. The zero-order valence-corrected chi connectivity index (χ0v) is 7.64. The Bertz CT molecular complexity index is 290. The number of ketones is 1. The van der Waals surface area contributed by atoms with Crippen molar-refractivity contribution >= 4 is 17.4 Å². The van der Waals surface area contributed by atoms with Gasteiger partial charge in [0.15, 0.2) is 16.8 Å². The molecule has 0 radical (unpaired) electrons. The zero-order chi connectivity index (χ0) is 9.14. The fourth-order valence-electron chi connectivity index (χ4n) is 0.834. The van der Waals surface area contributed by atoms with Crippen LogP contribution in [0.25, 0.3) is 0 Å². The molecular weight excluding hydrogens is 180 g/mol. The Morgan fingerprint density at radius 3 is 2.83 bits per heavy atom. The summed E-state index contributed by atoms with van der Waals surface area (Å²) < 4.78 is 9.81. The molecule has 1 aromatic rings. The highest BCUT2D eigenvalue weighted by atomic mass is 35.5. The maximum Gasteiger partial charge on any atom is 0.199 e. The first-order chi connectivity index (χ1) is 5.65. The second-order valence-electron chi connectivity index (χ2n) is 2.40. The number of carbonyl (C=O) groups is 1. The predicted octanol–water partition coefficient (Wildman–Crippen LogP) is 2.28. The normalized spacial score (nSPS) is 10.2. The van der Waals surface area contributed by atoms with Gasteiger partial charge in [-0.1, -0.05) is 0 Å². The Hall–Kier alpha value is -0.800. The van der Waals surface area contributed by atoms with Gasteiger partial charge in [0.1, 0.15) is 0 Å². The lowest BCUT2D eigenvalue weighted by molar-refractivity contribution is 0.0987. The summed E-state index contributed by atoms with van der Waals surface area (Å²) in [7, 11) is 1.55. The molecule has 1 aromatic heterocycles. The van der Waals surface area contributed by atoms with Crippen LogP contribution in [0.1, 0.15) is 23.0 Å². The molecule has 3 nitrogen and oxygen atoms in total. The zero-order valence-electron chi connectivity index (χ0n) is 6.89. The van der Waals surface area contributed by atoms with E-state index in [-0.39, 0.29) is 16.8 Å². The highest BCUT2D eigenvalue weighted by Gasteiger charge is 2.11. The van der Waals surface area contributed by atoms with E-state index in [1.54, 1.807) is 13.2 Å². The first-order valence-corrected chi connectivity index (χ1v) is 3.81. The minimum atomic E-state index is -0.140. The number of methoxy groups -OCH3 is 1. The van der Waals surface area contributed by atoms with Gasteiger partial charge < -0.3 is 9.15 Å². The molecule has 0 fully saturated rings. The second kappa shape index (κ2) is 3.74. The van der Waals surface area contributed by atoms with Crippen molar-refractivity contribution in [3.05, 3.63) is 22.6 Å². The number of hydrogen-bond donors (Lipinski definition) is 0. The number of hydrogen-bond acceptors (Lipinski definition) is 3. The molecular formula is C8H9ClO3. The number of ether oxygens (including phenoxy) is 1. The molecule has 0 aliphatic heterocycles. The lowest BCUT2D eigenvalue weighted by Crippen LogP contribution is -1.87. The largest absolute Gasteiger partial charge is 0.441 e.